The van der Waals surface area contributed by atoms with Gasteiger partial charge in [-0.05, 0) is 25.5 Å². The number of benzene rings is 1. The van der Waals surface area contributed by atoms with E-state index < -0.39 is 6.10 Å². The maximum Gasteiger partial charge on any atom is 0.261 e. The first-order chi connectivity index (χ1) is 9.01. The van der Waals surface area contributed by atoms with Crippen molar-refractivity contribution >= 4 is 5.91 Å². The Labute approximate surface area is 113 Å². The maximum atomic E-state index is 12.4. The van der Waals surface area contributed by atoms with Crippen LogP contribution in [0.3, 0.4) is 0 Å². The third-order valence-corrected chi connectivity index (χ3v) is 2.87. The van der Waals surface area contributed by atoms with Gasteiger partial charge in [0.1, 0.15) is 17.1 Å². The topological polar surface area (TPSA) is 59.0 Å². The van der Waals surface area contributed by atoms with Crippen LogP contribution in [0, 0.1) is 0 Å². The minimum Gasteiger partial charge on any atom is -0.496 e. The fourth-order valence-corrected chi connectivity index (χ4v) is 1.73. The lowest BCUT2D eigenvalue weighted by atomic mass is 10.1. The normalized spacial score (nSPS) is 11.8. The molecule has 0 fully saturated rings. The van der Waals surface area contributed by atoms with E-state index in [1.165, 1.54) is 14.2 Å². The largest absolute Gasteiger partial charge is 0.496 e. The fraction of sp³-hybridized carbons (Fsp3) is 0.500. The highest BCUT2D eigenvalue weighted by atomic mass is 16.5. The summed E-state index contributed by atoms with van der Waals surface area (Å²) in [6.07, 6.45) is 0.0921. The number of amides is 1. The average molecular weight is 267 g/mol. The first-order valence-corrected chi connectivity index (χ1v) is 6.15. The summed E-state index contributed by atoms with van der Waals surface area (Å²) in [6.45, 7) is 2.17. The number of hydrogen-bond donors (Lipinski definition) is 1. The summed E-state index contributed by atoms with van der Waals surface area (Å²) in [5, 5.41) is 9.27. The molecule has 0 spiro atoms. The molecule has 1 amide bonds. The van der Waals surface area contributed by atoms with Crippen molar-refractivity contribution in [3.8, 4) is 11.5 Å². The van der Waals surface area contributed by atoms with Gasteiger partial charge in [-0.1, -0.05) is 6.07 Å². The van der Waals surface area contributed by atoms with Crippen molar-refractivity contribution in [1.82, 2.24) is 4.90 Å². The Hall–Kier alpha value is -1.75. The Morgan fingerprint density at radius 3 is 2.26 bits per heavy atom. The highest BCUT2D eigenvalue weighted by Gasteiger charge is 2.21. The lowest BCUT2D eigenvalue weighted by Crippen LogP contribution is -2.30. The molecule has 5 nitrogen and oxygen atoms in total. The molecule has 0 aliphatic carbocycles. The summed E-state index contributed by atoms with van der Waals surface area (Å²) >= 11 is 0. The zero-order valence-corrected chi connectivity index (χ0v) is 11.8. The summed E-state index contributed by atoms with van der Waals surface area (Å²) in [5.41, 5.74) is 0.403. The zero-order valence-electron chi connectivity index (χ0n) is 11.8. The molecular weight excluding hydrogens is 246 g/mol. The van der Waals surface area contributed by atoms with Crippen LogP contribution in [0.2, 0.25) is 0 Å². The van der Waals surface area contributed by atoms with Crippen LogP contribution in [0.5, 0.6) is 11.5 Å². The van der Waals surface area contributed by atoms with Crippen LogP contribution >= 0.6 is 0 Å². The molecule has 106 valence electrons. The van der Waals surface area contributed by atoms with Gasteiger partial charge in [0.15, 0.2) is 0 Å². The van der Waals surface area contributed by atoms with Gasteiger partial charge < -0.3 is 19.5 Å². The molecule has 0 saturated carbocycles. The molecule has 0 heterocycles. The third-order valence-electron chi connectivity index (χ3n) is 2.87. The van der Waals surface area contributed by atoms with E-state index in [-0.39, 0.29) is 5.91 Å². The summed E-state index contributed by atoms with van der Waals surface area (Å²) in [6, 6.07) is 5.21. The molecule has 0 aliphatic rings. The molecule has 1 unspecified atom stereocenters. The van der Waals surface area contributed by atoms with Crippen LogP contribution in [-0.4, -0.2) is 49.8 Å². The van der Waals surface area contributed by atoms with Crippen LogP contribution in [0.15, 0.2) is 18.2 Å². The van der Waals surface area contributed by atoms with Gasteiger partial charge in [-0.15, -0.1) is 0 Å². The van der Waals surface area contributed by atoms with Crippen molar-refractivity contribution in [3.05, 3.63) is 23.8 Å². The predicted molar refractivity (Wildman–Crippen MR) is 72.8 cm³/mol. The predicted octanol–water partition coefficient (Wildman–Crippen LogP) is 1.55. The van der Waals surface area contributed by atoms with Crippen LogP contribution < -0.4 is 9.47 Å². The van der Waals surface area contributed by atoms with E-state index in [4.69, 9.17) is 9.47 Å². The van der Waals surface area contributed by atoms with Crippen molar-refractivity contribution in [1.29, 1.82) is 0 Å². The second-order valence-electron chi connectivity index (χ2n) is 4.40. The second kappa shape index (κ2) is 6.99. The third kappa shape index (κ3) is 3.86. The van der Waals surface area contributed by atoms with Crippen LogP contribution in [0.1, 0.15) is 23.7 Å². The molecule has 0 aliphatic heterocycles. The van der Waals surface area contributed by atoms with E-state index in [1.54, 1.807) is 37.1 Å². The fourth-order valence-electron chi connectivity index (χ4n) is 1.73. The molecule has 1 atom stereocenters. The molecule has 1 aromatic rings. The molecule has 0 saturated heterocycles. The highest BCUT2D eigenvalue weighted by Crippen LogP contribution is 2.29. The van der Waals surface area contributed by atoms with E-state index in [0.29, 0.717) is 30.0 Å². The molecule has 19 heavy (non-hydrogen) atoms. The number of carbonyl (C=O) groups is 1. The number of hydrogen-bond acceptors (Lipinski definition) is 4. The van der Waals surface area contributed by atoms with E-state index in [2.05, 4.69) is 0 Å². The van der Waals surface area contributed by atoms with Crippen LogP contribution in [0.4, 0.5) is 0 Å². The van der Waals surface area contributed by atoms with Gasteiger partial charge in [0, 0.05) is 13.6 Å². The molecule has 1 rings (SSSR count). The van der Waals surface area contributed by atoms with Gasteiger partial charge in [0.2, 0.25) is 0 Å². The molecule has 1 aromatic carbocycles. The van der Waals surface area contributed by atoms with Gasteiger partial charge in [-0.3, -0.25) is 4.79 Å². The first-order valence-electron chi connectivity index (χ1n) is 6.15. The van der Waals surface area contributed by atoms with Crippen LogP contribution in [-0.2, 0) is 0 Å². The smallest absolute Gasteiger partial charge is 0.261 e. The Kier molecular flexibility index (Phi) is 5.63. The SMILES string of the molecule is COc1cccc(OC)c1C(=O)N(C)CCC(C)O. The summed E-state index contributed by atoms with van der Waals surface area (Å²) in [4.78, 5) is 13.9. The van der Waals surface area contributed by atoms with E-state index in [0.717, 1.165) is 0 Å². The van der Waals surface area contributed by atoms with Crippen molar-refractivity contribution in [2.75, 3.05) is 27.8 Å². The van der Waals surface area contributed by atoms with Gasteiger partial charge in [-0.25, -0.2) is 0 Å². The molecule has 0 aromatic heterocycles. The van der Waals surface area contributed by atoms with Crippen LogP contribution in [0.25, 0.3) is 0 Å². The molecule has 0 bridgehead atoms. The minimum absolute atomic E-state index is 0.185. The number of ether oxygens (including phenoxy) is 2. The second-order valence-corrected chi connectivity index (χ2v) is 4.40. The van der Waals surface area contributed by atoms with Gasteiger partial charge in [0.25, 0.3) is 5.91 Å². The van der Waals surface area contributed by atoms with Crippen molar-refractivity contribution in [2.24, 2.45) is 0 Å². The molecular formula is C14H21NO4. The number of aliphatic hydroxyl groups is 1. The Morgan fingerprint density at radius 2 is 1.84 bits per heavy atom. The summed E-state index contributed by atoms with van der Waals surface area (Å²) in [7, 11) is 4.72. The molecule has 5 heteroatoms. The lowest BCUT2D eigenvalue weighted by Gasteiger charge is -2.20. The molecule has 0 radical (unpaired) electrons. The van der Waals surface area contributed by atoms with E-state index in [9.17, 15) is 9.90 Å². The van der Waals surface area contributed by atoms with Gasteiger partial charge >= 0.3 is 0 Å². The Bertz CT molecular complexity index is 409. The zero-order chi connectivity index (χ0) is 14.4. The number of nitrogens with zero attached hydrogens (tertiary/aromatic N) is 1. The van der Waals surface area contributed by atoms with E-state index >= 15 is 0 Å². The minimum atomic E-state index is -0.435. The number of methoxy groups -OCH3 is 2. The number of aliphatic hydroxyl groups excluding tert-OH is 1. The lowest BCUT2D eigenvalue weighted by molar-refractivity contribution is 0.0762. The first kappa shape index (κ1) is 15.3. The number of carbonyl (C=O) groups excluding carboxylic acids is 1. The van der Waals surface area contributed by atoms with Gasteiger partial charge in [-0.2, -0.15) is 0 Å². The summed E-state index contributed by atoms with van der Waals surface area (Å²) < 4.78 is 10.4. The Morgan fingerprint density at radius 1 is 1.32 bits per heavy atom. The van der Waals surface area contributed by atoms with Crippen molar-refractivity contribution < 1.29 is 19.4 Å². The standard InChI is InChI=1S/C14H21NO4/c1-10(16)8-9-15(2)14(17)13-11(18-3)6-5-7-12(13)19-4/h5-7,10,16H,8-9H2,1-4H3. The average Bonchev–Trinajstić information content (AvgIpc) is 2.42. The maximum absolute atomic E-state index is 12.4. The highest BCUT2D eigenvalue weighted by molar-refractivity contribution is 5.99. The van der Waals surface area contributed by atoms with Crippen molar-refractivity contribution in [3.63, 3.8) is 0 Å². The molecule has 1 N–H and O–H groups in total. The monoisotopic (exact) mass is 267 g/mol. The van der Waals surface area contributed by atoms with Gasteiger partial charge in [0.05, 0.1) is 20.3 Å². The van der Waals surface area contributed by atoms with Crippen molar-refractivity contribution in [2.45, 2.75) is 19.4 Å². The quantitative estimate of drug-likeness (QED) is 0.849. The van der Waals surface area contributed by atoms with E-state index in [1.807, 2.05) is 0 Å². The summed E-state index contributed by atoms with van der Waals surface area (Å²) in [5.74, 6) is 0.774. The Balaban J connectivity index is 2.97. The number of rotatable bonds is 6.